The van der Waals surface area contributed by atoms with Crippen LogP contribution in [0.2, 0.25) is 0 Å². The first-order chi connectivity index (χ1) is 10.1. The number of aromatic hydroxyl groups is 1. The average molecular weight is 316 g/mol. The molecule has 0 spiro atoms. The molecule has 108 valence electrons. The first-order valence-corrected chi connectivity index (χ1v) is 8.06. The maximum atomic E-state index is 10.4. The van der Waals surface area contributed by atoms with Gasteiger partial charge in [0.25, 0.3) is 0 Å². The van der Waals surface area contributed by atoms with Crippen LogP contribution in [0.15, 0.2) is 29.3 Å². The summed E-state index contributed by atoms with van der Waals surface area (Å²) in [6.07, 6.45) is 3.79. The summed E-state index contributed by atoms with van der Waals surface area (Å²) >= 11 is 6.79. The second-order valence-electron chi connectivity index (χ2n) is 5.44. The Morgan fingerprint density at radius 3 is 2.90 bits per heavy atom. The van der Waals surface area contributed by atoms with Gasteiger partial charge in [0.1, 0.15) is 0 Å². The lowest BCUT2D eigenvalue weighted by Crippen LogP contribution is -2.03. The molecule has 0 atom stereocenters. The molecule has 0 fully saturated rings. The number of benzene rings is 1. The zero-order valence-corrected chi connectivity index (χ0v) is 13.5. The maximum Gasteiger partial charge on any atom is 0.210 e. The van der Waals surface area contributed by atoms with Crippen molar-refractivity contribution in [3.63, 3.8) is 0 Å². The Bertz CT molecular complexity index is 797. The Kier molecular flexibility index (Phi) is 3.78. The lowest BCUT2D eigenvalue weighted by atomic mass is 10.1. The quantitative estimate of drug-likeness (QED) is 0.818. The molecular formula is C16H16N2OS2. The van der Waals surface area contributed by atoms with E-state index in [1.165, 1.54) is 11.3 Å². The van der Waals surface area contributed by atoms with E-state index in [-0.39, 0.29) is 5.88 Å². The van der Waals surface area contributed by atoms with Crippen molar-refractivity contribution < 1.29 is 5.11 Å². The van der Waals surface area contributed by atoms with Crippen LogP contribution in [-0.2, 0) is 6.54 Å². The second kappa shape index (κ2) is 5.58. The molecule has 1 aliphatic rings. The number of allylic oxidation sites excluding steroid dienone is 1. The summed E-state index contributed by atoms with van der Waals surface area (Å²) in [7, 11) is 0. The van der Waals surface area contributed by atoms with E-state index >= 15 is 0 Å². The topological polar surface area (TPSA) is 37.5 Å². The Morgan fingerprint density at radius 1 is 1.38 bits per heavy atom. The number of hydrogen-bond donors (Lipinski definition) is 1. The highest BCUT2D eigenvalue weighted by atomic mass is 32.1. The SMILES string of the molecule is CC(C)Cn1c(O)c(/C=C2\C=Nc3ccccc32)sc1=S. The molecule has 0 radical (unpaired) electrons. The first-order valence-electron chi connectivity index (χ1n) is 6.84. The monoisotopic (exact) mass is 316 g/mol. The Morgan fingerprint density at radius 2 is 2.14 bits per heavy atom. The lowest BCUT2D eigenvalue weighted by molar-refractivity contribution is 0.392. The Balaban J connectivity index is 2.02. The van der Waals surface area contributed by atoms with Gasteiger partial charge in [-0.15, -0.1) is 11.3 Å². The van der Waals surface area contributed by atoms with Gasteiger partial charge in [-0.2, -0.15) is 0 Å². The molecule has 2 aromatic rings. The molecule has 1 aliphatic heterocycles. The smallest absolute Gasteiger partial charge is 0.210 e. The van der Waals surface area contributed by atoms with Crippen LogP contribution in [0.1, 0.15) is 24.3 Å². The van der Waals surface area contributed by atoms with E-state index in [1.54, 1.807) is 4.57 Å². The molecule has 3 rings (SSSR count). The van der Waals surface area contributed by atoms with Crippen molar-refractivity contribution in [2.24, 2.45) is 10.9 Å². The molecule has 1 N–H and O–H groups in total. The molecule has 0 saturated heterocycles. The van der Waals surface area contributed by atoms with Crippen LogP contribution in [0.4, 0.5) is 5.69 Å². The molecule has 3 nitrogen and oxygen atoms in total. The van der Waals surface area contributed by atoms with E-state index in [9.17, 15) is 5.11 Å². The molecule has 0 saturated carbocycles. The minimum Gasteiger partial charge on any atom is -0.493 e. The summed E-state index contributed by atoms with van der Waals surface area (Å²) in [5.41, 5.74) is 3.06. The first kappa shape index (κ1) is 14.2. The van der Waals surface area contributed by atoms with Crippen LogP contribution >= 0.6 is 23.6 Å². The third kappa shape index (κ3) is 2.71. The fraction of sp³-hybridized carbons (Fsp3) is 0.250. The number of hydrogen-bond acceptors (Lipinski definition) is 4. The molecule has 2 heterocycles. The van der Waals surface area contributed by atoms with Gasteiger partial charge in [0, 0.05) is 23.9 Å². The van der Waals surface area contributed by atoms with E-state index in [4.69, 9.17) is 12.2 Å². The minimum absolute atomic E-state index is 0.254. The number of aliphatic imine (C=N–C) groups is 1. The van der Waals surface area contributed by atoms with Crippen LogP contribution in [0.25, 0.3) is 11.6 Å². The van der Waals surface area contributed by atoms with Gasteiger partial charge in [0.2, 0.25) is 5.88 Å². The summed E-state index contributed by atoms with van der Waals surface area (Å²) < 4.78 is 2.51. The van der Waals surface area contributed by atoms with E-state index in [1.807, 2.05) is 36.6 Å². The van der Waals surface area contributed by atoms with Crippen molar-refractivity contribution in [2.45, 2.75) is 20.4 Å². The van der Waals surface area contributed by atoms with Crippen LogP contribution in [0.3, 0.4) is 0 Å². The van der Waals surface area contributed by atoms with Gasteiger partial charge in [-0.1, -0.05) is 32.0 Å². The van der Waals surface area contributed by atoms with Gasteiger partial charge in [0.05, 0.1) is 10.6 Å². The summed E-state index contributed by atoms with van der Waals surface area (Å²) in [5, 5.41) is 10.4. The summed E-state index contributed by atoms with van der Waals surface area (Å²) in [5.74, 6) is 0.690. The molecule has 0 unspecified atom stereocenters. The fourth-order valence-corrected chi connectivity index (χ4v) is 3.61. The molecule has 0 bridgehead atoms. The zero-order chi connectivity index (χ0) is 15.0. The molecule has 1 aromatic carbocycles. The van der Waals surface area contributed by atoms with Crippen molar-refractivity contribution in [2.75, 3.05) is 0 Å². The Labute approximate surface area is 132 Å². The molecule has 5 heteroatoms. The van der Waals surface area contributed by atoms with Crippen LogP contribution in [-0.4, -0.2) is 15.9 Å². The molecule has 21 heavy (non-hydrogen) atoms. The average Bonchev–Trinajstić information content (AvgIpc) is 2.96. The number of para-hydroxylation sites is 1. The largest absolute Gasteiger partial charge is 0.493 e. The highest BCUT2D eigenvalue weighted by Gasteiger charge is 2.15. The number of thiazole rings is 1. The van der Waals surface area contributed by atoms with Gasteiger partial charge < -0.3 is 5.11 Å². The number of aromatic nitrogens is 1. The summed E-state index contributed by atoms with van der Waals surface area (Å²) in [6.45, 7) is 4.95. The van der Waals surface area contributed by atoms with Gasteiger partial charge in [-0.05, 0) is 30.3 Å². The predicted molar refractivity (Wildman–Crippen MR) is 92.1 cm³/mol. The van der Waals surface area contributed by atoms with Gasteiger partial charge in [-0.3, -0.25) is 9.56 Å². The van der Waals surface area contributed by atoms with Gasteiger partial charge in [0.15, 0.2) is 3.95 Å². The van der Waals surface area contributed by atoms with Crippen molar-refractivity contribution in [3.8, 4) is 5.88 Å². The maximum absolute atomic E-state index is 10.4. The lowest BCUT2D eigenvalue weighted by Gasteiger charge is -2.07. The van der Waals surface area contributed by atoms with E-state index in [0.29, 0.717) is 9.87 Å². The van der Waals surface area contributed by atoms with Crippen molar-refractivity contribution in [3.05, 3.63) is 38.7 Å². The number of rotatable bonds is 3. The predicted octanol–water partition coefficient (Wildman–Crippen LogP) is 4.90. The van der Waals surface area contributed by atoms with E-state index in [0.717, 1.165) is 28.2 Å². The second-order valence-corrected chi connectivity index (χ2v) is 7.11. The van der Waals surface area contributed by atoms with Gasteiger partial charge in [-0.25, -0.2) is 0 Å². The Hall–Kier alpha value is -1.72. The molecular weight excluding hydrogens is 300 g/mol. The molecule has 0 amide bonds. The van der Waals surface area contributed by atoms with Crippen molar-refractivity contribution >= 4 is 47.1 Å². The molecule has 1 aromatic heterocycles. The summed E-state index contributed by atoms with van der Waals surface area (Å²) in [6, 6.07) is 7.99. The standard InChI is InChI=1S/C16H16N2OS2/c1-10(2)9-18-15(19)14(21-16(18)20)7-11-8-17-13-6-4-3-5-12(11)13/h3-8,10,19H,9H2,1-2H3/b11-7+. The summed E-state index contributed by atoms with van der Waals surface area (Å²) in [4.78, 5) is 5.17. The van der Waals surface area contributed by atoms with Crippen LogP contribution in [0, 0.1) is 9.87 Å². The van der Waals surface area contributed by atoms with Crippen molar-refractivity contribution in [1.82, 2.24) is 4.57 Å². The fourth-order valence-electron chi connectivity index (χ4n) is 2.33. The highest BCUT2D eigenvalue weighted by Crippen LogP contribution is 2.35. The third-order valence-electron chi connectivity index (χ3n) is 3.29. The highest BCUT2D eigenvalue weighted by molar-refractivity contribution is 7.73. The van der Waals surface area contributed by atoms with E-state index < -0.39 is 0 Å². The zero-order valence-electron chi connectivity index (χ0n) is 11.9. The number of nitrogens with zero attached hydrogens (tertiary/aromatic N) is 2. The molecule has 0 aliphatic carbocycles. The van der Waals surface area contributed by atoms with Crippen molar-refractivity contribution in [1.29, 1.82) is 0 Å². The normalized spacial score (nSPS) is 15.1. The van der Waals surface area contributed by atoms with Crippen LogP contribution in [0.5, 0.6) is 5.88 Å². The third-order valence-corrected chi connectivity index (χ3v) is 4.67. The van der Waals surface area contributed by atoms with Gasteiger partial charge >= 0.3 is 0 Å². The van der Waals surface area contributed by atoms with Crippen LogP contribution < -0.4 is 0 Å². The number of fused-ring (bicyclic) bond motifs is 1. The van der Waals surface area contributed by atoms with E-state index in [2.05, 4.69) is 18.8 Å². The minimum atomic E-state index is 0.254.